The molecule has 0 unspecified atom stereocenters. The van der Waals surface area contributed by atoms with E-state index in [2.05, 4.69) is 22.8 Å². The summed E-state index contributed by atoms with van der Waals surface area (Å²) in [5.41, 5.74) is 3.04. The molecule has 0 aliphatic carbocycles. The first-order valence-corrected chi connectivity index (χ1v) is 7.55. The zero-order chi connectivity index (χ0) is 16.0. The Bertz CT molecular complexity index is 826. The standard InChI is InChI=1S/C19H16F2N2/c1-19(20,21)14-10-8-13(9-11-14)18-22-15-6-2-4-12-5-3-7-16(23-18)17(12)15/h2-11,18,22-23H,1H3. The second kappa shape index (κ2) is 4.95. The smallest absolute Gasteiger partial charge is 0.270 e. The Labute approximate surface area is 133 Å². The number of nitrogens with one attached hydrogen (secondary N) is 2. The highest BCUT2D eigenvalue weighted by Gasteiger charge is 2.25. The van der Waals surface area contributed by atoms with Gasteiger partial charge in [-0.1, -0.05) is 48.5 Å². The lowest BCUT2D eigenvalue weighted by Gasteiger charge is -2.30. The van der Waals surface area contributed by atoms with Crippen LogP contribution >= 0.6 is 0 Å². The van der Waals surface area contributed by atoms with Crippen LogP contribution in [-0.2, 0) is 5.92 Å². The van der Waals surface area contributed by atoms with Crippen LogP contribution in [0.25, 0.3) is 10.8 Å². The second-order valence-electron chi connectivity index (χ2n) is 5.94. The SMILES string of the molecule is CC(F)(F)c1ccc(C2Nc3cccc4cccc(c34)N2)cc1. The van der Waals surface area contributed by atoms with Crippen molar-refractivity contribution in [1.82, 2.24) is 0 Å². The molecule has 0 radical (unpaired) electrons. The highest BCUT2D eigenvalue weighted by molar-refractivity contribution is 6.04. The molecular weight excluding hydrogens is 294 g/mol. The van der Waals surface area contributed by atoms with E-state index < -0.39 is 5.92 Å². The number of hydrogen-bond acceptors (Lipinski definition) is 2. The Morgan fingerprint density at radius 1 is 0.826 bits per heavy atom. The molecule has 3 aromatic rings. The molecule has 4 rings (SSSR count). The Morgan fingerprint density at radius 2 is 1.39 bits per heavy atom. The predicted molar refractivity (Wildman–Crippen MR) is 89.9 cm³/mol. The van der Waals surface area contributed by atoms with Gasteiger partial charge in [-0.05, 0) is 23.1 Å². The van der Waals surface area contributed by atoms with Crippen molar-refractivity contribution in [2.45, 2.75) is 19.0 Å². The second-order valence-corrected chi connectivity index (χ2v) is 5.94. The molecule has 1 aliphatic rings. The molecule has 0 amide bonds. The van der Waals surface area contributed by atoms with Crippen LogP contribution < -0.4 is 10.6 Å². The van der Waals surface area contributed by atoms with E-state index in [1.165, 1.54) is 17.5 Å². The Morgan fingerprint density at radius 3 is 1.91 bits per heavy atom. The highest BCUT2D eigenvalue weighted by atomic mass is 19.3. The first-order chi connectivity index (χ1) is 11.0. The summed E-state index contributed by atoms with van der Waals surface area (Å²) in [7, 11) is 0. The van der Waals surface area contributed by atoms with E-state index in [-0.39, 0.29) is 11.7 Å². The maximum Gasteiger partial charge on any atom is 0.270 e. The molecule has 0 atom stereocenters. The molecule has 0 saturated heterocycles. The number of alkyl halides is 2. The van der Waals surface area contributed by atoms with Gasteiger partial charge in [0.25, 0.3) is 5.92 Å². The van der Waals surface area contributed by atoms with Crippen LogP contribution in [0.2, 0.25) is 0 Å². The van der Waals surface area contributed by atoms with Gasteiger partial charge in [0.15, 0.2) is 0 Å². The minimum atomic E-state index is -2.82. The third-order valence-corrected chi connectivity index (χ3v) is 4.26. The minimum Gasteiger partial charge on any atom is -0.361 e. The Balaban J connectivity index is 1.70. The van der Waals surface area contributed by atoms with Gasteiger partial charge in [-0.25, -0.2) is 8.78 Å². The third kappa shape index (κ3) is 2.40. The molecule has 0 bridgehead atoms. The summed E-state index contributed by atoms with van der Waals surface area (Å²) in [6.07, 6.45) is -0.143. The molecule has 4 heteroatoms. The van der Waals surface area contributed by atoms with Crippen LogP contribution in [0.15, 0.2) is 60.7 Å². The average molecular weight is 310 g/mol. The first kappa shape index (κ1) is 14.0. The van der Waals surface area contributed by atoms with E-state index >= 15 is 0 Å². The fraction of sp³-hybridized carbons (Fsp3) is 0.158. The van der Waals surface area contributed by atoms with Crippen LogP contribution in [0.4, 0.5) is 20.2 Å². The molecule has 0 spiro atoms. The molecule has 0 aromatic heterocycles. The minimum absolute atomic E-state index is 0.0274. The fourth-order valence-corrected chi connectivity index (χ4v) is 3.06. The summed E-state index contributed by atoms with van der Waals surface area (Å²) < 4.78 is 26.7. The van der Waals surface area contributed by atoms with E-state index in [4.69, 9.17) is 0 Å². The van der Waals surface area contributed by atoms with E-state index in [1.807, 2.05) is 24.3 Å². The molecule has 2 N–H and O–H groups in total. The van der Waals surface area contributed by atoms with Crippen LogP contribution in [0.1, 0.15) is 24.2 Å². The van der Waals surface area contributed by atoms with Crippen LogP contribution in [0.3, 0.4) is 0 Å². The number of hydrogen-bond donors (Lipinski definition) is 2. The van der Waals surface area contributed by atoms with Crippen molar-refractivity contribution < 1.29 is 8.78 Å². The molecule has 0 saturated carbocycles. The first-order valence-electron chi connectivity index (χ1n) is 7.55. The molecule has 2 nitrogen and oxygen atoms in total. The maximum atomic E-state index is 13.3. The molecule has 23 heavy (non-hydrogen) atoms. The van der Waals surface area contributed by atoms with Crippen molar-refractivity contribution in [3.8, 4) is 0 Å². The maximum absolute atomic E-state index is 13.3. The Kier molecular flexibility index (Phi) is 3.01. The van der Waals surface area contributed by atoms with Gasteiger partial charge in [-0.2, -0.15) is 0 Å². The zero-order valence-electron chi connectivity index (χ0n) is 12.6. The highest BCUT2D eigenvalue weighted by Crippen LogP contribution is 2.38. The van der Waals surface area contributed by atoms with Gasteiger partial charge < -0.3 is 10.6 Å². The monoisotopic (exact) mass is 310 g/mol. The fourth-order valence-electron chi connectivity index (χ4n) is 3.06. The topological polar surface area (TPSA) is 24.1 Å². The molecule has 116 valence electrons. The van der Waals surface area contributed by atoms with Crippen molar-refractivity contribution in [3.05, 3.63) is 71.8 Å². The summed E-state index contributed by atoms with van der Waals surface area (Å²) >= 11 is 0. The Hall–Kier alpha value is -2.62. The van der Waals surface area contributed by atoms with Gasteiger partial charge >= 0.3 is 0 Å². The van der Waals surface area contributed by atoms with E-state index in [9.17, 15) is 8.78 Å². The summed E-state index contributed by atoms with van der Waals surface area (Å²) in [4.78, 5) is 0. The lowest BCUT2D eigenvalue weighted by Crippen LogP contribution is -2.23. The van der Waals surface area contributed by atoms with Crippen molar-refractivity contribution in [1.29, 1.82) is 0 Å². The number of anilines is 2. The van der Waals surface area contributed by atoms with Crippen LogP contribution in [0.5, 0.6) is 0 Å². The molecule has 1 heterocycles. The summed E-state index contributed by atoms with van der Waals surface area (Å²) in [6.45, 7) is 0.913. The number of rotatable bonds is 2. The summed E-state index contributed by atoms with van der Waals surface area (Å²) in [5.74, 6) is -2.82. The molecule has 0 fully saturated rings. The normalized spacial score (nSPS) is 14.4. The van der Waals surface area contributed by atoms with Crippen molar-refractivity contribution in [2.24, 2.45) is 0 Å². The quantitative estimate of drug-likeness (QED) is 0.654. The van der Waals surface area contributed by atoms with Crippen LogP contribution in [-0.4, -0.2) is 0 Å². The summed E-state index contributed by atoms with van der Waals surface area (Å²) in [5, 5.41) is 9.20. The van der Waals surface area contributed by atoms with Crippen molar-refractivity contribution >= 4 is 22.1 Å². The number of benzene rings is 3. The molecule has 3 aromatic carbocycles. The van der Waals surface area contributed by atoms with Gasteiger partial charge in [0.2, 0.25) is 0 Å². The van der Waals surface area contributed by atoms with E-state index in [0.717, 1.165) is 29.2 Å². The number of halogens is 2. The molecule has 1 aliphatic heterocycles. The van der Waals surface area contributed by atoms with E-state index in [0.29, 0.717) is 0 Å². The van der Waals surface area contributed by atoms with Crippen molar-refractivity contribution in [3.63, 3.8) is 0 Å². The van der Waals surface area contributed by atoms with Gasteiger partial charge in [-0.3, -0.25) is 0 Å². The molecular formula is C19H16F2N2. The van der Waals surface area contributed by atoms with Gasteiger partial charge in [0, 0.05) is 29.2 Å². The lowest BCUT2D eigenvalue weighted by atomic mass is 10.0. The average Bonchev–Trinajstić information content (AvgIpc) is 2.55. The van der Waals surface area contributed by atoms with Gasteiger partial charge in [-0.15, -0.1) is 0 Å². The largest absolute Gasteiger partial charge is 0.361 e. The lowest BCUT2D eigenvalue weighted by molar-refractivity contribution is 0.0174. The van der Waals surface area contributed by atoms with E-state index in [1.54, 1.807) is 12.1 Å². The zero-order valence-corrected chi connectivity index (χ0v) is 12.6. The predicted octanol–water partition coefficient (Wildman–Crippen LogP) is 5.49. The van der Waals surface area contributed by atoms with Crippen LogP contribution in [0, 0.1) is 0 Å². The van der Waals surface area contributed by atoms with Gasteiger partial charge in [0.1, 0.15) is 6.17 Å². The van der Waals surface area contributed by atoms with Crippen molar-refractivity contribution in [2.75, 3.05) is 10.6 Å². The van der Waals surface area contributed by atoms with Gasteiger partial charge in [0.05, 0.1) is 0 Å². The third-order valence-electron chi connectivity index (χ3n) is 4.26. The summed E-state index contributed by atoms with van der Waals surface area (Å²) in [6, 6.07) is 18.7.